The maximum Gasteiger partial charge on any atom is 0.323 e. The molecule has 4 aromatic rings. The third-order valence-corrected chi connectivity index (χ3v) is 4.76. The lowest BCUT2D eigenvalue weighted by atomic mass is 10.3. The van der Waals surface area contributed by atoms with Crippen molar-refractivity contribution in [3.63, 3.8) is 0 Å². The van der Waals surface area contributed by atoms with Crippen LogP contribution >= 0.6 is 22.9 Å². The Hall–Kier alpha value is -3.31. The molecule has 4 aromatic heterocycles. The monoisotopic (exact) mass is 416 g/mol. The van der Waals surface area contributed by atoms with Crippen LogP contribution in [0.25, 0.3) is 16.2 Å². The number of nitrogens with one attached hydrogen (secondary N) is 2. The summed E-state index contributed by atoms with van der Waals surface area (Å²) in [5.41, 5.74) is 1.52. The predicted octanol–water partition coefficient (Wildman–Crippen LogP) is 3.28. The number of aryl methyl sites for hydroxylation is 1. The van der Waals surface area contributed by atoms with Gasteiger partial charge in [0.2, 0.25) is 5.88 Å². The molecule has 0 saturated heterocycles. The summed E-state index contributed by atoms with van der Waals surface area (Å²) in [6, 6.07) is 2.76. The first-order valence-electron chi connectivity index (χ1n) is 7.96. The number of rotatable bonds is 4. The highest BCUT2D eigenvalue weighted by molar-refractivity contribution is 7.18. The standard InChI is InChI=1S/C16H13ClN8O2S/c1-8-21-12-5-9(7-18-15(12)28-8)22-16(26)23-11-6-10(17)13(24-14(11)27-2)25-19-3-4-20-25/h3-7H,1-2H3,(H2,22,23,26). The number of hydrogen-bond acceptors (Lipinski definition) is 8. The summed E-state index contributed by atoms with van der Waals surface area (Å²) in [5, 5.41) is 14.5. The normalized spacial score (nSPS) is 10.8. The van der Waals surface area contributed by atoms with Crippen molar-refractivity contribution in [3.05, 3.63) is 40.8 Å². The van der Waals surface area contributed by atoms with Crippen molar-refractivity contribution in [3.8, 4) is 11.7 Å². The largest absolute Gasteiger partial charge is 0.479 e. The van der Waals surface area contributed by atoms with Crippen LogP contribution in [0.15, 0.2) is 30.7 Å². The van der Waals surface area contributed by atoms with E-state index in [-0.39, 0.29) is 16.7 Å². The molecule has 12 heteroatoms. The molecule has 0 bridgehead atoms. The van der Waals surface area contributed by atoms with Gasteiger partial charge in [-0.15, -0.1) is 4.80 Å². The van der Waals surface area contributed by atoms with Gasteiger partial charge in [-0.05, 0) is 19.1 Å². The summed E-state index contributed by atoms with van der Waals surface area (Å²) in [4.78, 5) is 27.4. The zero-order chi connectivity index (χ0) is 19.7. The molecule has 28 heavy (non-hydrogen) atoms. The number of hydrogen-bond donors (Lipinski definition) is 2. The highest BCUT2D eigenvalue weighted by Gasteiger charge is 2.16. The van der Waals surface area contributed by atoms with Crippen molar-refractivity contribution in [1.82, 2.24) is 29.9 Å². The van der Waals surface area contributed by atoms with Gasteiger partial charge in [0.15, 0.2) is 5.82 Å². The fraction of sp³-hybridized carbons (Fsp3) is 0.125. The maximum absolute atomic E-state index is 12.4. The number of nitrogens with zero attached hydrogens (tertiary/aromatic N) is 6. The van der Waals surface area contributed by atoms with Crippen molar-refractivity contribution in [2.75, 3.05) is 17.7 Å². The molecule has 10 nitrogen and oxygen atoms in total. The second-order valence-corrected chi connectivity index (χ2v) is 7.12. The molecule has 0 aliphatic carbocycles. The van der Waals surface area contributed by atoms with Crippen molar-refractivity contribution < 1.29 is 9.53 Å². The highest BCUT2D eigenvalue weighted by Crippen LogP contribution is 2.29. The van der Waals surface area contributed by atoms with Crippen LogP contribution in [0.1, 0.15) is 5.01 Å². The molecular formula is C16H13ClN8O2S. The number of carbonyl (C=O) groups excluding carboxylic acids is 1. The molecule has 142 valence electrons. The summed E-state index contributed by atoms with van der Waals surface area (Å²) in [7, 11) is 1.43. The summed E-state index contributed by atoms with van der Waals surface area (Å²) < 4.78 is 5.25. The molecule has 0 aromatic carbocycles. The Morgan fingerprint density at radius 3 is 2.75 bits per heavy atom. The first kappa shape index (κ1) is 18.1. The topological polar surface area (TPSA) is 120 Å². The minimum Gasteiger partial charge on any atom is -0.479 e. The third-order valence-electron chi connectivity index (χ3n) is 3.58. The molecule has 4 rings (SSSR count). The Bertz CT molecular complexity index is 1160. The number of methoxy groups -OCH3 is 1. The average Bonchev–Trinajstić information content (AvgIpc) is 3.30. The fourth-order valence-corrected chi connectivity index (χ4v) is 3.42. The first-order chi connectivity index (χ1) is 13.5. The first-order valence-corrected chi connectivity index (χ1v) is 9.15. The average molecular weight is 417 g/mol. The number of carbonyl (C=O) groups is 1. The van der Waals surface area contributed by atoms with Crippen molar-refractivity contribution in [2.45, 2.75) is 6.92 Å². The van der Waals surface area contributed by atoms with E-state index < -0.39 is 6.03 Å². The van der Waals surface area contributed by atoms with Crippen molar-refractivity contribution in [2.24, 2.45) is 0 Å². The van der Waals surface area contributed by atoms with Gasteiger partial charge in [0, 0.05) is 0 Å². The van der Waals surface area contributed by atoms with Crippen LogP contribution in [0.4, 0.5) is 16.2 Å². The van der Waals surface area contributed by atoms with Gasteiger partial charge < -0.3 is 15.4 Å². The van der Waals surface area contributed by atoms with Crippen LogP contribution in [-0.2, 0) is 0 Å². The van der Waals surface area contributed by atoms with Crippen LogP contribution in [0.5, 0.6) is 5.88 Å². The molecule has 2 amide bonds. The number of fused-ring (bicyclic) bond motifs is 1. The predicted molar refractivity (Wildman–Crippen MR) is 106 cm³/mol. The van der Waals surface area contributed by atoms with E-state index in [1.165, 1.54) is 41.7 Å². The van der Waals surface area contributed by atoms with E-state index in [1.54, 1.807) is 12.3 Å². The van der Waals surface area contributed by atoms with E-state index >= 15 is 0 Å². The second kappa shape index (κ2) is 7.37. The molecule has 0 atom stereocenters. The zero-order valence-corrected chi connectivity index (χ0v) is 16.2. The van der Waals surface area contributed by atoms with Crippen LogP contribution in [0.3, 0.4) is 0 Å². The summed E-state index contributed by atoms with van der Waals surface area (Å²) >= 11 is 7.74. The Balaban J connectivity index is 1.55. The van der Waals surface area contributed by atoms with Gasteiger partial charge in [-0.3, -0.25) is 0 Å². The Labute approximate surface area is 167 Å². The minimum absolute atomic E-state index is 0.163. The van der Waals surface area contributed by atoms with Crippen LogP contribution in [0.2, 0.25) is 5.02 Å². The Kier molecular flexibility index (Phi) is 4.75. The van der Waals surface area contributed by atoms with E-state index in [9.17, 15) is 4.79 Å². The van der Waals surface area contributed by atoms with Gasteiger partial charge in [0.25, 0.3) is 0 Å². The van der Waals surface area contributed by atoms with Gasteiger partial charge in [0.1, 0.15) is 16.0 Å². The number of pyridine rings is 2. The summed E-state index contributed by atoms with van der Waals surface area (Å²) in [6.45, 7) is 1.90. The van der Waals surface area contributed by atoms with Crippen LogP contribution in [0, 0.1) is 6.92 Å². The molecular weight excluding hydrogens is 404 g/mol. The molecule has 0 aliphatic heterocycles. The maximum atomic E-state index is 12.4. The Morgan fingerprint density at radius 2 is 2.00 bits per heavy atom. The second-order valence-electron chi connectivity index (χ2n) is 5.53. The van der Waals surface area contributed by atoms with Gasteiger partial charge in [0.05, 0.1) is 41.4 Å². The number of aromatic nitrogens is 6. The number of urea groups is 1. The molecule has 0 spiro atoms. The molecule has 0 radical (unpaired) electrons. The molecule has 4 heterocycles. The Morgan fingerprint density at radius 1 is 1.21 bits per heavy atom. The molecule has 0 fully saturated rings. The van der Waals surface area contributed by atoms with Crippen LogP contribution < -0.4 is 15.4 Å². The minimum atomic E-state index is -0.505. The molecule has 2 N–H and O–H groups in total. The number of thiazole rings is 1. The molecule has 0 unspecified atom stereocenters. The lowest BCUT2D eigenvalue weighted by Crippen LogP contribution is -2.20. The quantitative estimate of drug-likeness (QED) is 0.523. The van der Waals surface area contributed by atoms with E-state index in [0.29, 0.717) is 11.4 Å². The van der Waals surface area contributed by atoms with Gasteiger partial charge in [-0.25, -0.2) is 14.8 Å². The molecule has 0 saturated carbocycles. The number of halogens is 1. The van der Waals surface area contributed by atoms with Crippen molar-refractivity contribution in [1.29, 1.82) is 0 Å². The summed E-state index contributed by atoms with van der Waals surface area (Å²) in [6.07, 6.45) is 4.56. The fourth-order valence-electron chi connectivity index (χ4n) is 2.46. The smallest absolute Gasteiger partial charge is 0.323 e. The van der Waals surface area contributed by atoms with Crippen LogP contribution in [-0.4, -0.2) is 43.1 Å². The van der Waals surface area contributed by atoms with Crippen molar-refractivity contribution >= 4 is 50.7 Å². The van der Waals surface area contributed by atoms with E-state index in [0.717, 1.165) is 15.4 Å². The SMILES string of the molecule is COc1nc(-n2nccn2)c(Cl)cc1NC(=O)Nc1cnc2sc(C)nc2c1. The number of anilines is 2. The van der Waals surface area contributed by atoms with Gasteiger partial charge >= 0.3 is 6.03 Å². The zero-order valence-electron chi connectivity index (χ0n) is 14.7. The van der Waals surface area contributed by atoms with Gasteiger partial charge in [-0.1, -0.05) is 22.9 Å². The number of amides is 2. The lowest BCUT2D eigenvalue weighted by Gasteiger charge is -2.12. The summed E-state index contributed by atoms with van der Waals surface area (Å²) in [5.74, 6) is 0.443. The van der Waals surface area contributed by atoms with Gasteiger partial charge in [-0.2, -0.15) is 15.2 Å². The molecule has 0 aliphatic rings. The van der Waals surface area contributed by atoms with E-state index in [4.69, 9.17) is 16.3 Å². The number of ether oxygens (including phenoxy) is 1. The third kappa shape index (κ3) is 3.57. The van der Waals surface area contributed by atoms with E-state index in [1.807, 2.05) is 6.92 Å². The highest BCUT2D eigenvalue weighted by atomic mass is 35.5. The van der Waals surface area contributed by atoms with E-state index in [2.05, 4.69) is 35.8 Å². The lowest BCUT2D eigenvalue weighted by molar-refractivity contribution is 0.262.